The molecule has 1 saturated carbocycles. The second-order valence-corrected chi connectivity index (χ2v) is 9.95. The number of nitrogens with one attached hydrogen (secondary N) is 1. The van der Waals surface area contributed by atoms with Crippen LogP contribution in [0.4, 0.5) is 0 Å². The summed E-state index contributed by atoms with van der Waals surface area (Å²) in [6.45, 7) is 5.30. The van der Waals surface area contributed by atoms with Gasteiger partial charge in [-0.2, -0.15) is 9.41 Å². The van der Waals surface area contributed by atoms with Gasteiger partial charge in [-0.25, -0.2) is 13.8 Å². The third-order valence-corrected chi connectivity index (χ3v) is 7.73. The van der Waals surface area contributed by atoms with Crippen molar-refractivity contribution in [2.75, 3.05) is 6.54 Å². The first-order chi connectivity index (χ1) is 14.8. The van der Waals surface area contributed by atoms with Crippen molar-refractivity contribution in [3.05, 3.63) is 58.9 Å². The Bertz CT molecular complexity index is 1020. The van der Waals surface area contributed by atoms with E-state index >= 15 is 0 Å². The van der Waals surface area contributed by atoms with E-state index < -0.39 is 15.9 Å². The molecule has 0 spiro atoms. The Hall–Kier alpha value is -2.58. The molecule has 1 aliphatic rings. The summed E-state index contributed by atoms with van der Waals surface area (Å²) in [6.07, 6.45) is 7.59. The van der Waals surface area contributed by atoms with E-state index in [1.165, 1.54) is 10.5 Å². The molecule has 1 aromatic heterocycles. The SMILES string of the molecule is Cc1cc(C)c(S(=O)(=O)N(CC(=O)N/N=C/c2ccccn2)C2CCCCC2)c(C)c1. The maximum atomic E-state index is 13.7. The van der Waals surface area contributed by atoms with E-state index in [9.17, 15) is 13.2 Å². The van der Waals surface area contributed by atoms with E-state index in [1.807, 2.05) is 39.0 Å². The number of rotatable bonds is 7. The quantitative estimate of drug-likeness (QED) is 0.525. The van der Waals surface area contributed by atoms with Crippen LogP contribution in [-0.2, 0) is 14.8 Å². The zero-order chi connectivity index (χ0) is 22.4. The summed E-state index contributed by atoms with van der Waals surface area (Å²) < 4.78 is 28.8. The zero-order valence-electron chi connectivity index (χ0n) is 18.3. The summed E-state index contributed by atoms with van der Waals surface area (Å²) in [5, 5.41) is 3.93. The van der Waals surface area contributed by atoms with E-state index in [0.717, 1.165) is 37.7 Å². The van der Waals surface area contributed by atoms with Crippen LogP contribution >= 0.6 is 0 Å². The number of sulfonamides is 1. The van der Waals surface area contributed by atoms with Crippen molar-refractivity contribution in [3.63, 3.8) is 0 Å². The Labute approximate surface area is 184 Å². The van der Waals surface area contributed by atoms with Crippen LogP contribution in [0, 0.1) is 20.8 Å². The summed E-state index contributed by atoms with van der Waals surface area (Å²) in [7, 11) is -3.84. The lowest BCUT2D eigenvalue weighted by Gasteiger charge is -2.33. The largest absolute Gasteiger partial charge is 0.272 e. The number of nitrogens with zero attached hydrogens (tertiary/aromatic N) is 3. The number of pyridine rings is 1. The van der Waals surface area contributed by atoms with Crippen LogP contribution in [0.2, 0.25) is 0 Å². The fourth-order valence-corrected chi connectivity index (χ4v) is 6.33. The maximum absolute atomic E-state index is 13.7. The first kappa shape index (κ1) is 23.1. The summed E-state index contributed by atoms with van der Waals surface area (Å²) in [4.78, 5) is 17.0. The molecule has 1 amide bonds. The van der Waals surface area contributed by atoms with Gasteiger partial charge in [0.05, 0.1) is 23.3 Å². The minimum atomic E-state index is -3.84. The molecule has 0 saturated heterocycles. The number of hydrogen-bond donors (Lipinski definition) is 1. The highest BCUT2D eigenvalue weighted by atomic mass is 32.2. The number of benzene rings is 1. The fourth-order valence-electron chi connectivity index (χ4n) is 4.27. The molecule has 166 valence electrons. The molecule has 0 bridgehead atoms. The second kappa shape index (κ2) is 10.2. The van der Waals surface area contributed by atoms with E-state index in [4.69, 9.17) is 0 Å². The fraction of sp³-hybridized carbons (Fsp3) is 0.435. The summed E-state index contributed by atoms with van der Waals surface area (Å²) in [6, 6.07) is 8.92. The van der Waals surface area contributed by atoms with Crippen LogP contribution in [0.3, 0.4) is 0 Å². The van der Waals surface area contributed by atoms with Crippen LogP contribution in [0.15, 0.2) is 46.5 Å². The zero-order valence-corrected chi connectivity index (χ0v) is 19.2. The summed E-state index contributed by atoms with van der Waals surface area (Å²) in [5.41, 5.74) is 5.46. The monoisotopic (exact) mass is 442 g/mol. The highest BCUT2D eigenvalue weighted by Gasteiger charge is 2.35. The minimum Gasteiger partial charge on any atom is -0.272 e. The van der Waals surface area contributed by atoms with Gasteiger partial charge in [0.1, 0.15) is 0 Å². The Morgan fingerprint density at radius 2 is 1.84 bits per heavy atom. The predicted octanol–water partition coefficient (Wildman–Crippen LogP) is 3.48. The highest BCUT2D eigenvalue weighted by Crippen LogP contribution is 2.31. The van der Waals surface area contributed by atoms with Gasteiger partial charge in [-0.1, -0.05) is 43.0 Å². The first-order valence-corrected chi connectivity index (χ1v) is 12.1. The topological polar surface area (TPSA) is 91.7 Å². The molecule has 3 rings (SSSR count). The summed E-state index contributed by atoms with van der Waals surface area (Å²) >= 11 is 0. The molecule has 0 atom stereocenters. The Balaban J connectivity index is 1.84. The smallest absolute Gasteiger partial charge is 0.255 e. The third-order valence-electron chi connectivity index (χ3n) is 5.53. The second-order valence-electron chi connectivity index (χ2n) is 8.12. The lowest BCUT2D eigenvalue weighted by Crippen LogP contribution is -2.46. The average molecular weight is 443 g/mol. The first-order valence-electron chi connectivity index (χ1n) is 10.6. The van der Waals surface area contributed by atoms with E-state index in [2.05, 4.69) is 15.5 Å². The maximum Gasteiger partial charge on any atom is 0.255 e. The van der Waals surface area contributed by atoms with Gasteiger partial charge in [0.15, 0.2) is 0 Å². The van der Waals surface area contributed by atoms with Gasteiger partial charge in [-0.15, -0.1) is 0 Å². The number of aromatic nitrogens is 1. The van der Waals surface area contributed by atoms with Crippen LogP contribution in [-0.4, -0.2) is 42.4 Å². The van der Waals surface area contributed by atoms with Crippen molar-refractivity contribution >= 4 is 22.1 Å². The molecule has 0 unspecified atom stereocenters. The van der Waals surface area contributed by atoms with Gasteiger partial charge >= 0.3 is 0 Å². The van der Waals surface area contributed by atoms with Gasteiger partial charge in [0, 0.05) is 12.2 Å². The molecule has 1 N–H and O–H groups in total. The molecule has 1 fully saturated rings. The normalized spacial score (nSPS) is 15.5. The Morgan fingerprint density at radius 3 is 2.45 bits per heavy atom. The van der Waals surface area contributed by atoms with Crippen molar-refractivity contribution < 1.29 is 13.2 Å². The molecule has 2 aromatic rings. The van der Waals surface area contributed by atoms with Crippen LogP contribution in [0.5, 0.6) is 0 Å². The van der Waals surface area contributed by atoms with E-state index in [0.29, 0.717) is 21.7 Å². The molecule has 0 radical (unpaired) electrons. The average Bonchev–Trinajstić information content (AvgIpc) is 2.72. The molecule has 31 heavy (non-hydrogen) atoms. The molecule has 1 aromatic carbocycles. The standard InChI is InChI=1S/C23H30N4O3S/c1-17-13-18(2)23(19(3)14-17)31(29,30)27(21-10-5-4-6-11-21)16-22(28)26-25-15-20-9-7-8-12-24-20/h7-9,12-15,21H,4-6,10-11,16H2,1-3H3,(H,26,28)/b25-15+. The molecular formula is C23H30N4O3S. The lowest BCUT2D eigenvalue weighted by molar-refractivity contribution is -0.121. The van der Waals surface area contributed by atoms with Gasteiger partial charge < -0.3 is 0 Å². The Kier molecular flexibility index (Phi) is 7.56. The van der Waals surface area contributed by atoms with Crippen LogP contribution in [0.1, 0.15) is 54.5 Å². The number of aryl methyl sites for hydroxylation is 3. The van der Waals surface area contributed by atoms with Crippen molar-refractivity contribution in [1.82, 2.24) is 14.7 Å². The molecule has 1 heterocycles. The number of hydrogen-bond acceptors (Lipinski definition) is 5. The van der Waals surface area contributed by atoms with Crippen molar-refractivity contribution in [2.24, 2.45) is 5.10 Å². The minimum absolute atomic E-state index is 0.190. The Morgan fingerprint density at radius 1 is 1.16 bits per heavy atom. The van der Waals surface area contributed by atoms with Crippen molar-refractivity contribution in [2.45, 2.75) is 63.8 Å². The van der Waals surface area contributed by atoms with Gasteiger partial charge in [-0.05, 0) is 56.9 Å². The van der Waals surface area contributed by atoms with Crippen molar-refractivity contribution in [3.8, 4) is 0 Å². The molecular weight excluding hydrogens is 412 g/mol. The molecule has 0 aliphatic heterocycles. The lowest BCUT2D eigenvalue weighted by atomic mass is 9.95. The van der Waals surface area contributed by atoms with Crippen LogP contribution < -0.4 is 5.43 Å². The summed E-state index contributed by atoms with van der Waals surface area (Å²) in [5.74, 6) is -0.469. The number of carbonyl (C=O) groups is 1. The van der Waals surface area contributed by atoms with E-state index in [1.54, 1.807) is 18.3 Å². The molecule has 7 nitrogen and oxygen atoms in total. The van der Waals surface area contributed by atoms with Crippen LogP contribution in [0.25, 0.3) is 0 Å². The predicted molar refractivity (Wildman–Crippen MR) is 121 cm³/mol. The highest BCUT2D eigenvalue weighted by molar-refractivity contribution is 7.89. The third kappa shape index (κ3) is 5.77. The number of hydrazone groups is 1. The number of carbonyl (C=O) groups excluding carboxylic acids is 1. The van der Waals surface area contributed by atoms with Gasteiger partial charge in [-0.3, -0.25) is 9.78 Å². The van der Waals surface area contributed by atoms with E-state index in [-0.39, 0.29) is 12.6 Å². The van der Waals surface area contributed by atoms with Crippen molar-refractivity contribution in [1.29, 1.82) is 0 Å². The molecule has 1 aliphatic carbocycles. The van der Waals surface area contributed by atoms with Gasteiger partial charge in [0.25, 0.3) is 5.91 Å². The van der Waals surface area contributed by atoms with Gasteiger partial charge in [0.2, 0.25) is 10.0 Å². The number of amides is 1. The molecule has 8 heteroatoms.